The highest BCUT2D eigenvalue weighted by Crippen LogP contribution is 2.25. The fourth-order valence-electron chi connectivity index (χ4n) is 2.25. The number of carbonyl (C=O) groups excluding carboxylic acids is 1. The van der Waals surface area contributed by atoms with E-state index in [2.05, 4.69) is 4.99 Å². The zero-order valence-corrected chi connectivity index (χ0v) is 13.5. The fraction of sp³-hybridized carbons (Fsp3) is 0.176. The smallest absolute Gasteiger partial charge is 0.256 e. The number of ether oxygens (including phenoxy) is 1. The molecular weight excluding hydrogens is 314 g/mol. The minimum absolute atomic E-state index is 0.246. The Morgan fingerprint density at radius 2 is 1.74 bits per heavy atom. The van der Waals surface area contributed by atoms with Crippen molar-refractivity contribution in [2.45, 2.75) is 12.3 Å². The van der Waals surface area contributed by atoms with Crippen LogP contribution in [0.5, 0.6) is 5.75 Å². The number of nitrogens with zero attached hydrogens (tertiary/aromatic N) is 1. The maximum Gasteiger partial charge on any atom is 0.256 e. The summed E-state index contributed by atoms with van der Waals surface area (Å²) in [6.07, 6.45) is 0.471. The van der Waals surface area contributed by atoms with Gasteiger partial charge in [0.1, 0.15) is 5.75 Å². The zero-order valence-electron chi connectivity index (χ0n) is 12.7. The minimum atomic E-state index is -0.482. The summed E-state index contributed by atoms with van der Waals surface area (Å²) in [6.45, 7) is 0. The lowest BCUT2D eigenvalue weighted by Gasteiger charge is -2.15. The molecule has 1 amide bonds. The van der Waals surface area contributed by atoms with E-state index in [1.54, 1.807) is 31.4 Å². The molecule has 2 aromatic rings. The van der Waals surface area contributed by atoms with Gasteiger partial charge in [0.15, 0.2) is 5.96 Å². The molecule has 1 atom stereocenters. The Kier molecular flexibility index (Phi) is 5.60. The van der Waals surface area contributed by atoms with Crippen molar-refractivity contribution in [3.05, 3.63) is 64.7 Å². The number of carbonyl (C=O) groups is 1. The molecule has 0 aliphatic rings. The molecule has 0 radical (unpaired) electrons. The van der Waals surface area contributed by atoms with Crippen LogP contribution in [0.3, 0.4) is 0 Å². The average molecular weight is 332 g/mol. The maximum absolute atomic E-state index is 12.4. The molecule has 120 valence electrons. The number of rotatable bonds is 5. The van der Waals surface area contributed by atoms with E-state index < -0.39 is 5.92 Å². The van der Waals surface area contributed by atoms with Gasteiger partial charge in [0.2, 0.25) is 0 Å². The van der Waals surface area contributed by atoms with Gasteiger partial charge in [-0.15, -0.1) is 0 Å². The Bertz CT molecular complexity index is 693. The topological polar surface area (TPSA) is 90.7 Å². The lowest BCUT2D eigenvalue weighted by atomic mass is 9.91. The molecule has 0 bridgehead atoms. The normalized spacial score (nSPS) is 11.6. The van der Waals surface area contributed by atoms with Crippen molar-refractivity contribution in [1.29, 1.82) is 0 Å². The summed E-state index contributed by atoms with van der Waals surface area (Å²) in [5, 5.41) is 0.644. The second-order valence-electron chi connectivity index (χ2n) is 5.03. The highest BCUT2D eigenvalue weighted by molar-refractivity contribution is 6.30. The molecular formula is C17H18ClN3O2. The third-order valence-corrected chi connectivity index (χ3v) is 3.66. The van der Waals surface area contributed by atoms with Gasteiger partial charge in [0, 0.05) is 5.02 Å². The number of halogens is 1. The minimum Gasteiger partial charge on any atom is -0.497 e. The summed E-state index contributed by atoms with van der Waals surface area (Å²) >= 11 is 5.89. The van der Waals surface area contributed by atoms with Crippen molar-refractivity contribution < 1.29 is 9.53 Å². The molecule has 0 saturated carbocycles. The van der Waals surface area contributed by atoms with Crippen LogP contribution in [0.25, 0.3) is 0 Å². The van der Waals surface area contributed by atoms with Gasteiger partial charge in [-0.05, 0) is 41.8 Å². The molecule has 0 spiro atoms. The van der Waals surface area contributed by atoms with E-state index in [0.717, 1.165) is 11.1 Å². The van der Waals surface area contributed by atoms with Crippen LogP contribution in [0.2, 0.25) is 5.02 Å². The molecule has 0 heterocycles. The van der Waals surface area contributed by atoms with Crippen LogP contribution < -0.4 is 16.2 Å². The first-order chi connectivity index (χ1) is 11.0. The molecule has 5 nitrogen and oxygen atoms in total. The average Bonchev–Trinajstić information content (AvgIpc) is 2.54. The molecule has 0 aliphatic carbocycles. The van der Waals surface area contributed by atoms with Crippen molar-refractivity contribution in [3.8, 4) is 5.75 Å². The van der Waals surface area contributed by atoms with Gasteiger partial charge in [-0.1, -0.05) is 35.9 Å². The van der Waals surface area contributed by atoms with Gasteiger partial charge in [0.05, 0.1) is 13.0 Å². The molecule has 6 heteroatoms. The first kappa shape index (κ1) is 16.8. The van der Waals surface area contributed by atoms with Crippen LogP contribution in [0, 0.1) is 0 Å². The summed E-state index contributed by atoms with van der Waals surface area (Å²) in [5.74, 6) is -0.396. The molecule has 2 aromatic carbocycles. The molecule has 2 rings (SSSR count). The third-order valence-electron chi connectivity index (χ3n) is 3.41. The van der Waals surface area contributed by atoms with Gasteiger partial charge in [-0.25, -0.2) is 0 Å². The molecule has 0 aromatic heterocycles. The Hall–Kier alpha value is -2.53. The van der Waals surface area contributed by atoms with Crippen molar-refractivity contribution >= 4 is 23.5 Å². The molecule has 0 aliphatic heterocycles. The van der Waals surface area contributed by atoms with Crippen LogP contribution in [0.15, 0.2) is 53.5 Å². The maximum atomic E-state index is 12.4. The largest absolute Gasteiger partial charge is 0.497 e. The number of methoxy groups -OCH3 is 1. The zero-order chi connectivity index (χ0) is 16.8. The van der Waals surface area contributed by atoms with E-state index in [-0.39, 0.29) is 11.9 Å². The van der Waals surface area contributed by atoms with Crippen LogP contribution >= 0.6 is 11.6 Å². The van der Waals surface area contributed by atoms with Crippen molar-refractivity contribution in [3.63, 3.8) is 0 Å². The molecule has 23 heavy (non-hydrogen) atoms. The van der Waals surface area contributed by atoms with Crippen LogP contribution in [-0.2, 0) is 11.2 Å². The summed E-state index contributed by atoms with van der Waals surface area (Å²) in [5.41, 5.74) is 12.5. The highest BCUT2D eigenvalue weighted by atomic mass is 35.5. The summed E-state index contributed by atoms with van der Waals surface area (Å²) < 4.78 is 5.14. The number of aliphatic imine (C=N–C) groups is 1. The Labute approximate surface area is 139 Å². The Balaban J connectivity index is 2.32. The van der Waals surface area contributed by atoms with E-state index in [4.69, 9.17) is 27.8 Å². The van der Waals surface area contributed by atoms with E-state index in [1.165, 1.54) is 0 Å². The van der Waals surface area contributed by atoms with E-state index in [0.29, 0.717) is 17.2 Å². The Morgan fingerprint density at radius 1 is 1.13 bits per heavy atom. The van der Waals surface area contributed by atoms with Crippen molar-refractivity contribution in [2.75, 3.05) is 7.11 Å². The number of benzene rings is 2. The van der Waals surface area contributed by atoms with Crippen molar-refractivity contribution in [2.24, 2.45) is 16.5 Å². The van der Waals surface area contributed by atoms with E-state index in [9.17, 15) is 4.79 Å². The summed E-state index contributed by atoms with van der Waals surface area (Å²) in [6, 6.07) is 14.6. The van der Waals surface area contributed by atoms with Gasteiger partial charge >= 0.3 is 0 Å². The quantitative estimate of drug-likeness (QED) is 0.650. The van der Waals surface area contributed by atoms with Crippen molar-refractivity contribution in [1.82, 2.24) is 0 Å². The standard InChI is InChI=1S/C17H18ClN3O2/c1-23-14-8-4-12(5-9-14)15(16(22)21-17(19)20)10-11-2-6-13(18)7-3-11/h2-9,15H,10H2,1H3,(H4,19,20,21,22). The highest BCUT2D eigenvalue weighted by Gasteiger charge is 2.21. The number of guanidine groups is 1. The fourth-order valence-corrected chi connectivity index (χ4v) is 2.37. The van der Waals surface area contributed by atoms with Gasteiger partial charge < -0.3 is 16.2 Å². The Morgan fingerprint density at radius 3 is 2.26 bits per heavy atom. The van der Waals surface area contributed by atoms with Gasteiger partial charge in [0.25, 0.3) is 5.91 Å². The predicted octanol–water partition coefficient (Wildman–Crippen LogP) is 2.47. The lowest BCUT2D eigenvalue weighted by molar-refractivity contribution is -0.119. The first-order valence-corrected chi connectivity index (χ1v) is 7.39. The van der Waals surface area contributed by atoms with Gasteiger partial charge in [-0.3, -0.25) is 4.79 Å². The van der Waals surface area contributed by atoms with Crippen LogP contribution in [0.1, 0.15) is 17.0 Å². The second kappa shape index (κ2) is 7.65. The summed E-state index contributed by atoms with van der Waals surface area (Å²) in [4.78, 5) is 16.1. The number of nitrogens with two attached hydrogens (primary N) is 2. The number of hydrogen-bond acceptors (Lipinski definition) is 2. The third kappa shape index (κ3) is 4.72. The van der Waals surface area contributed by atoms with E-state index in [1.807, 2.05) is 24.3 Å². The number of amides is 1. The molecule has 0 saturated heterocycles. The summed E-state index contributed by atoms with van der Waals surface area (Å²) in [7, 11) is 1.59. The second-order valence-corrected chi connectivity index (χ2v) is 5.47. The van der Waals surface area contributed by atoms with Gasteiger partial charge in [-0.2, -0.15) is 4.99 Å². The predicted molar refractivity (Wildman–Crippen MR) is 91.7 cm³/mol. The molecule has 1 unspecified atom stereocenters. The molecule has 0 fully saturated rings. The first-order valence-electron chi connectivity index (χ1n) is 7.01. The lowest BCUT2D eigenvalue weighted by Crippen LogP contribution is -2.26. The number of hydrogen-bond donors (Lipinski definition) is 2. The molecule has 4 N–H and O–H groups in total. The monoisotopic (exact) mass is 331 g/mol. The van der Waals surface area contributed by atoms with Crippen LogP contribution in [-0.4, -0.2) is 19.0 Å². The van der Waals surface area contributed by atoms with E-state index >= 15 is 0 Å². The van der Waals surface area contributed by atoms with Crippen LogP contribution in [0.4, 0.5) is 0 Å². The SMILES string of the molecule is COc1ccc(C(Cc2ccc(Cl)cc2)C(=O)N=C(N)N)cc1.